The first-order valence-corrected chi connectivity index (χ1v) is 13.7. The number of aryl methyl sites for hydroxylation is 1. The van der Waals surface area contributed by atoms with Crippen molar-refractivity contribution in [2.75, 3.05) is 35.5 Å². The Morgan fingerprint density at radius 1 is 1.03 bits per heavy atom. The minimum atomic E-state index is -3.62. The first kappa shape index (κ1) is 26.7. The Bertz CT molecular complexity index is 1370. The zero-order valence-electron chi connectivity index (χ0n) is 21.8. The van der Waals surface area contributed by atoms with Crippen LogP contribution < -0.4 is 15.4 Å². The summed E-state index contributed by atoms with van der Waals surface area (Å²) in [5.74, 6) is 1.39. The highest BCUT2D eigenvalue weighted by Crippen LogP contribution is 2.31. The maximum Gasteiger partial charge on any atom is 0.238 e. The molecule has 2 aromatic heterocycles. The number of piperidine rings is 1. The molecule has 1 fully saturated rings. The standard InChI is InChI=1S/C26H34FN7O2S/c1-17-16-28-25(29-19-9-10-20(21(27)15-19)18-11-13-34(5)14-12-18)32-24(17)31-22-7-6-8-23(30-22)33-37(35,36)26(2,3)4/h6-10,15-16,18H,11-14H2,1-5H3,(H3,28,29,30,31,32,33). The predicted octanol–water partition coefficient (Wildman–Crippen LogP) is 5.16. The topological polar surface area (TPSA) is 112 Å². The summed E-state index contributed by atoms with van der Waals surface area (Å²) in [6, 6.07) is 10.2. The molecule has 0 unspecified atom stereocenters. The number of hydrogen-bond acceptors (Lipinski definition) is 8. The van der Waals surface area contributed by atoms with Crippen LogP contribution in [0.1, 0.15) is 50.7 Å². The Labute approximate surface area is 218 Å². The molecular formula is C26H34FN7O2S. The third kappa shape index (κ3) is 6.53. The molecule has 0 saturated carbocycles. The number of hydrogen-bond donors (Lipinski definition) is 3. The van der Waals surface area contributed by atoms with Gasteiger partial charge in [-0.05, 0) is 96.4 Å². The van der Waals surface area contributed by atoms with Crippen molar-refractivity contribution in [1.29, 1.82) is 0 Å². The third-order valence-corrected chi connectivity index (χ3v) is 8.52. The van der Waals surface area contributed by atoms with Crippen LogP contribution in [0.5, 0.6) is 0 Å². The van der Waals surface area contributed by atoms with E-state index in [1.54, 1.807) is 45.2 Å². The minimum absolute atomic E-state index is 0.199. The van der Waals surface area contributed by atoms with E-state index in [0.717, 1.165) is 37.1 Å². The molecule has 1 saturated heterocycles. The molecule has 198 valence electrons. The molecule has 3 heterocycles. The fraction of sp³-hybridized carbons (Fsp3) is 0.423. The summed E-state index contributed by atoms with van der Waals surface area (Å²) < 4.78 is 41.4. The number of sulfonamides is 1. The number of benzene rings is 1. The largest absolute Gasteiger partial charge is 0.324 e. The Balaban J connectivity index is 1.48. The molecule has 9 nitrogen and oxygen atoms in total. The molecule has 1 aliphatic rings. The average molecular weight is 528 g/mol. The number of rotatable bonds is 7. The van der Waals surface area contributed by atoms with Crippen LogP contribution in [0.4, 0.5) is 33.5 Å². The average Bonchev–Trinajstić information content (AvgIpc) is 2.81. The maximum absolute atomic E-state index is 14.9. The van der Waals surface area contributed by atoms with Gasteiger partial charge < -0.3 is 15.5 Å². The number of pyridine rings is 1. The fourth-order valence-electron chi connectivity index (χ4n) is 3.99. The lowest BCUT2D eigenvalue weighted by Gasteiger charge is -2.29. The Morgan fingerprint density at radius 2 is 1.73 bits per heavy atom. The SMILES string of the molecule is Cc1cnc(Nc2ccc(C3CCN(C)CC3)c(F)c2)nc1Nc1cccc(NS(=O)(=O)C(C)(C)C)n1. The summed E-state index contributed by atoms with van der Waals surface area (Å²) >= 11 is 0. The molecule has 0 bridgehead atoms. The number of aromatic nitrogens is 3. The number of anilines is 5. The molecular weight excluding hydrogens is 493 g/mol. The van der Waals surface area contributed by atoms with Crippen molar-refractivity contribution < 1.29 is 12.8 Å². The van der Waals surface area contributed by atoms with Gasteiger partial charge in [0.1, 0.15) is 23.3 Å². The van der Waals surface area contributed by atoms with Crippen molar-refractivity contribution >= 4 is 39.1 Å². The lowest BCUT2D eigenvalue weighted by molar-refractivity contribution is 0.253. The second kappa shape index (κ2) is 10.6. The van der Waals surface area contributed by atoms with E-state index in [-0.39, 0.29) is 17.6 Å². The van der Waals surface area contributed by atoms with Crippen LogP contribution in [-0.4, -0.2) is 53.2 Å². The highest BCUT2D eigenvalue weighted by molar-refractivity contribution is 7.94. The molecule has 4 rings (SSSR count). The van der Waals surface area contributed by atoms with Crippen LogP contribution >= 0.6 is 0 Å². The summed E-state index contributed by atoms with van der Waals surface area (Å²) in [5.41, 5.74) is 2.07. The molecule has 1 aromatic carbocycles. The molecule has 37 heavy (non-hydrogen) atoms. The molecule has 3 aromatic rings. The number of nitrogens with zero attached hydrogens (tertiary/aromatic N) is 4. The van der Waals surface area contributed by atoms with Crippen LogP contribution in [0.3, 0.4) is 0 Å². The van der Waals surface area contributed by atoms with E-state index in [0.29, 0.717) is 23.3 Å². The van der Waals surface area contributed by atoms with Gasteiger partial charge in [0.15, 0.2) is 0 Å². The van der Waals surface area contributed by atoms with Crippen LogP contribution in [0.15, 0.2) is 42.6 Å². The van der Waals surface area contributed by atoms with E-state index >= 15 is 0 Å². The van der Waals surface area contributed by atoms with Crippen molar-refractivity contribution in [3.05, 3.63) is 59.5 Å². The summed E-state index contributed by atoms with van der Waals surface area (Å²) in [7, 11) is -1.53. The Morgan fingerprint density at radius 3 is 2.41 bits per heavy atom. The molecule has 0 aliphatic carbocycles. The van der Waals surface area contributed by atoms with Crippen molar-refractivity contribution in [2.45, 2.75) is 51.2 Å². The zero-order valence-corrected chi connectivity index (χ0v) is 22.7. The smallest absolute Gasteiger partial charge is 0.238 e. The van der Waals surface area contributed by atoms with Gasteiger partial charge in [-0.1, -0.05) is 12.1 Å². The summed E-state index contributed by atoms with van der Waals surface area (Å²) in [4.78, 5) is 15.5. The number of likely N-dealkylation sites (tertiary alicyclic amines) is 1. The zero-order chi connectivity index (χ0) is 26.8. The van der Waals surface area contributed by atoms with E-state index in [1.807, 2.05) is 19.1 Å². The van der Waals surface area contributed by atoms with Crippen molar-refractivity contribution in [2.24, 2.45) is 0 Å². The van der Waals surface area contributed by atoms with Crippen LogP contribution in [0, 0.1) is 12.7 Å². The highest BCUT2D eigenvalue weighted by atomic mass is 32.2. The number of halogens is 1. The van der Waals surface area contributed by atoms with E-state index in [2.05, 4.69) is 42.3 Å². The van der Waals surface area contributed by atoms with E-state index in [1.165, 1.54) is 6.07 Å². The molecule has 0 radical (unpaired) electrons. The molecule has 0 atom stereocenters. The fourth-order valence-corrected chi connectivity index (χ4v) is 4.68. The van der Waals surface area contributed by atoms with Crippen LogP contribution in [0.2, 0.25) is 0 Å². The molecule has 0 spiro atoms. The van der Waals surface area contributed by atoms with Gasteiger partial charge in [0, 0.05) is 17.4 Å². The normalized spacial score (nSPS) is 15.4. The van der Waals surface area contributed by atoms with E-state index < -0.39 is 14.8 Å². The second-order valence-corrected chi connectivity index (χ2v) is 12.9. The van der Waals surface area contributed by atoms with Gasteiger partial charge in [-0.25, -0.2) is 22.8 Å². The molecule has 1 aliphatic heterocycles. The lowest BCUT2D eigenvalue weighted by Crippen LogP contribution is -2.34. The van der Waals surface area contributed by atoms with Gasteiger partial charge in [0.05, 0.1) is 4.75 Å². The van der Waals surface area contributed by atoms with E-state index in [9.17, 15) is 12.8 Å². The highest BCUT2D eigenvalue weighted by Gasteiger charge is 2.29. The quantitative estimate of drug-likeness (QED) is 0.387. The molecule has 3 N–H and O–H groups in total. The van der Waals surface area contributed by atoms with Gasteiger partial charge >= 0.3 is 0 Å². The summed E-state index contributed by atoms with van der Waals surface area (Å²) in [6.07, 6.45) is 3.54. The first-order chi connectivity index (χ1) is 17.4. The molecule has 11 heteroatoms. The molecule has 0 amide bonds. The maximum atomic E-state index is 14.9. The van der Waals surface area contributed by atoms with Gasteiger partial charge in [0.2, 0.25) is 16.0 Å². The minimum Gasteiger partial charge on any atom is -0.324 e. The monoisotopic (exact) mass is 527 g/mol. The second-order valence-electron chi connectivity index (χ2n) is 10.4. The summed E-state index contributed by atoms with van der Waals surface area (Å²) in [5, 5.41) is 6.19. The Hall–Kier alpha value is -3.31. The first-order valence-electron chi connectivity index (χ1n) is 12.3. The predicted molar refractivity (Wildman–Crippen MR) is 146 cm³/mol. The van der Waals surface area contributed by atoms with Crippen LogP contribution in [0.25, 0.3) is 0 Å². The third-order valence-electron chi connectivity index (χ3n) is 6.43. The van der Waals surface area contributed by atoms with E-state index in [4.69, 9.17) is 0 Å². The lowest BCUT2D eigenvalue weighted by atomic mass is 9.89. The van der Waals surface area contributed by atoms with Gasteiger partial charge in [0.25, 0.3) is 0 Å². The van der Waals surface area contributed by atoms with Crippen molar-refractivity contribution in [1.82, 2.24) is 19.9 Å². The van der Waals surface area contributed by atoms with Gasteiger partial charge in [-0.3, -0.25) is 4.72 Å². The summed E-state index contributed by atoms with van der Waals surface area (Å²) in [6.45, 7) is 8.63. The van der Waals surface area contributed by atoms with Gasteiger partial charge in [-0.15, -0.1) is 0 Å². The van der Waals surface area contributed by atoms with Crippen molar-refractivity contribution in [3.8, 4) is 0 Å². The van der Waals surface area contributed by atoms with Crippen molar-refractivity contribution in [3.63, 3.8) is 0 Å². The number of nitrogens with one attached hydrogen (secondary N) is 3. The Kier molecular flexibility index (Phi) is 7.65. The van der Waals surface area contributed by atoms with Crippen LogP contribution in [-0.2, 0) is 10.0 Å². The van der Waals surface area contributed by atoms with Gasteiger partial charge in [-0.2, -0.15) is 4.98 Å².